The van der Waals surface area contributed by atoms with E-state index in [1.165, 1.54) is 28.6 Å². The first kappa shape index (κ1) is 16.0. The second kappa shape index (κ2) is 5.76. The van der Waals surface area contributed by atoms with Crippen LogP contribution in [0.15, 0.2) is 29.2 Å². The van der Waals surface area contributed by atoms with Gasteiger partial charge >= 0.3 is 0 Å². The number of benzene rings is 1. The summed E-state index contributed by atoms with van der Waals surface area (Å²) in [7, 11) is 2.12. The summed E-state index contributed by atoms with van der Waals surface area (Å²) in [6.45, 7) is 0.488. The van der Waals surface area contributed by atoms with Crippen LogP contribution in [0.5, 0.6) is 0 Å². The minimum atomic E-state index is -3.51. The molecule has 0 N–H and O–H groups in total. The lowest BCUT2D eigenvalue weighted by Gasteiger charge is -2.48. The molecule has 0 unspecified atom stereocenters. The quantitative estimate of drug-likeness (QED) is 0.830. The average Bonchev–Trinajstić information content (AvgIpc) is 2.42. The summed E-state index contributed by atoms with van der Waals surface area (Å²) in [4.78, 5) is 2.36. The number of nitrogens with zero attached hydrogens (tertiary/aromatic N) is 3. The van der Waals surface area contributed by atoms with Gasteiger partial charge in [-0.3, -0.25) is 0 Å². The third kappa shape index (κ3) is 2.95. The molecule has 6 heteroatoms. The first-order valence-corrected chi connectivity index (χ1v) is 8.40. The molecule has 21 heavy (non-hydrogen) atoms. The zero-order valence-electron chi connectivity index (χ0n) is 12.7. The van der Waals surface area contributed by atoms with Gasteiger partial charge in [-0.25, -0.2) is 8.42 Å². The van der Waals surface area contributed by atoms with Crippen molar-refractivity contribution in [3.8, 4) is 6.07 Å². The van der Waals surface area contributed by atoms with Crippen LogP contribution in [0.25, 0.3) is 0 Å². The molecule has 114 valence electrons. The summed E-state index contributed by atoms with van der Waals surface area (Å²) in [5.41, 5.74) is 0.411. The molecule has 0 aromatic heterocycles. The third-order valence-corrected chi connectivity index (χ3v) is 6.26. The molecular weight excluding hydrogens is 286 g/mol. The van der Waals surface area contributed by atoms with Crippen molar-refractivity contribution in [3.05, 3.63) is 29.8 Å². The van der Waals surface area contributed by atoms with Gasteiger partial charge in [-0.1, -0.05) is 0 Å². The van der Waals surface area contributed by atoms with Gasteiger partial charge in [0.25, 0.3) is 0 Å². The number of sulfonamides is 1. The lowest BCUT2D eigenvalue weighted by Crippen LogP contribution is -2.57. The minimum Gasteiger partial charge on any atom is -0.302 e. The molecule has 1 aromatic carbocycles. The maximum Gasteiger partial charge on any atom is 0.242 e. The van der Waals surface area contributed by atoms with Crippen LogP contribution in [0.4, 0.5) is 0 Å². The first-order chi connectivity index (χ1) is 9.82. The summed E-state index contributed by atoms with van der Waals surface area (Å²) < 4.78 is 26.6. The predicted octanol–water partition coefficient (Wildman–Crippen LogP) is 1.66. The molecule has 1 fully saturated rings. The summed E-state index contributed by atoms with van der Waals surface area (Å²) >= 11 is 0. The predicted molar refractivity (Wildman–Crippen MR) is 81.2 cm³/mol. The lowest BCUT2D eigenvalue weighted by atomic mass is 9.75. The number of hydrogen-bond donors (Lipinski definition) is 0. The Labute approximate surface area is 126 Å². The van der Waals surface area contributed by atoms with Gasteiger partial charge in [0.2, 0.25) is 10.0 Å². The Balaban J connectivity index is 2.20. The molecule has 0 amide bonds. The van der Waals surface area contributed by atoms with Gasteiger partial charge in [0.05, 0.1) is 16.5 Å². The molecule has 0 radical (unpaired) electrons. The molecule has 0 spiro atoms. The van der Waals surface area contributed by atoms with E-state index in [-0.39, 0.29) is 10.4 Å². The van der Waals surface area contributed by atoms with E-state index in [9.17, 15) is 8.42 Å². The maximum absolute atomic E-state index is 12.6. The van der Waals surface area contributed by atoms with Crippen molar-refractivity contribution in [3.63, 3.8) is 0 Å². The van der Waals surface area contributed by atoms with Crippen LogP contribution in [0.2, 0.25) is 0 Å². The Morgan fingerprint density at radius 1 is 1.19 bits per heavy atom. The standard InChI is InChI=1S/C15H21N3O2S/c1-17(2)15(9-4-10-15)12-18(3)21(19,20)14-7-5-13(11-16)6-8-14/h5-8H,4,9-10,12H2,1-3H3. The van der Waals surface area contributed by atoms with Gasteiger partial charge in [-0.15, -0.1) is 0 Å². The molecular formula is C15H21N3O2S. The molecule has 0 bridgehead atoms. The second-order valence-corrected chi connectivity index (χ2v) is 7.91. The number of hydrogen-bond acceptors (Lipinski definition) is 4. The van der Waals surface area contributed by atoms with Crippen LogP contribution in [-0.2, 0) is 10.0 Å². The van der Waals surface area contributed by atoms with E-state index in [2.05, 4.69) is 4.90 Å². The van der Waals surface area contributed by atoms with E-state index < -0.39 is 10.0 Å². The maximum atomic E-state index is 12.6. The smallest absolute Gasteiger partial charge is 0.242 e. The molecule has 0 aliphatic heterocycles. The van der Waals surface area contributed by atoms with Crippen molar-refractivity contribution < 1.29 is 8.42 Å². The largest absolute Gasteiger partial charge is 0.302 e. The van der Waals surface area contributed by atoms with Crippen molar-refractivity contribution >= 4 is 10.0 Å². The highest BCUT2D eigenvalue weighted by molar-refractivity contribution is 7.89. The van der Waals surface area contributed by atoms with E-state index in [0.29, 0.717) is 12.1 Å². The second-order valence-electron chi connectivity index (χ2n) is 5.87. The molecule has 5 nitrogen and oxygen atoms in total. The molecule has 0 saturated heterocycles. The SMILES string of the molecule is CN(C)C1(CN(C)S(=O)(=O)c2ccc(C#N)cc2)CCC1. The van der Waals surface area contributed by atoms with Crippen LogP contribution in [-0.4, -0.2) is 50.8 Å². The first-order valence-electron chi connectivity index (χ1n) is 6.96. The van der Waals surface area contributed by atoms with E-state index >= 15 is 0 Å². The van der Waals surface area contributed by atoms with E-state index in [0.717, 1.165) is 19.3 Å². The summed E-state index contributed by atoms with van der Waals surface area (Å²) in [5.74, 6) is 0. The highest BCUT2D eigenvalue weighted by Crippen LogP contribution is 2.37. The molecule has 1 aliphatic carbocycles. The van der Waals surface area contributed by atoms with Crippen LogP contribution in [0.1, 0.15) is 24.8 Å². The topological polar surface area (TPSA) is 64.4 Å². The molecule has 0 atom stereocenters. The fourth-order valence-corrected chi connectivity index (χ4v) is 3.96. The zero-order valence-corrected chi connectivity index (χ0v) is 13.5. The summed E-state index contributed by atoms with van der Waals surface area (Å²) in [5, 5.41) is 8.78. The number of rotatable bonds is 5. The minimum absolute atomic E-state index is 0.0472. The van der Waals surface area contributed by atoms with Gasteiger partial charge in [0.1, 0.15) is 0 Å². The highest BCUT2D eigenvalue weighted by atomic mass is 32.2. The Kier molecular flexibility index (Phi) is 4.38. The van der Waals surface area contributed by atoms with Gasteiger partial charge in [0.15, 0.2) is 0 Å². The average molecular weight is 307 g/mol. The van der Waals surface area contributed by atoms with Gasteiger partial charge in [-0.2, -0.15) is 9.57 Å². The molecule has 0 heterocycles. The highest BCUT2D eigenvalue weighted by Gasteiger charge is 2.42. The van der Waals surface area contributed by atoms with Crippen LogP contribution >= 0.6 is 0 Å². The monoisotopic (exact) mass is 307 g/mol. The molecule has 1 aromatic rings. The fraction of sp³-hybridized carbons (Fsp3) is 0.533. The van der Waals surface area contributed by atoms with Crippen LogP contribution < -0.4 is 0 Å². The molecule has 1 saturated carbocycles. The van der Waals surface area contributed by atoms with Gasteiger partial charge in [0, 0.05) is 19.1 Å². The van der Waals surface area contributed by atoms with Crippen molar-refractivity contribution in [2.75, 3.05) is 27.7 Å². The van der Waals surface area contributed by atoms with Crippen LogP contribution in [0.3, 0.4) is 0 Å². The number of nitriles is 1. The Hall–Kier alpha value is -1.42. The van der Waals surface area contributed by atoms with E-state index in [1.54, 1.807) is 7.05 Å². The summed E-state index contributed by atoms with van der Waals surface area (Å²) in [6, 6.07) is 8.05. The Morgan fingerprint density at radius 3 is 2.14 bits per heavy atom. The van der Waals surface area contributed by atoms with Crippen molar-refractivity contribution in [2.24, 2.45) is 0 Å². The number of likely N-dealkylation sites (N-methyl/N-ethyl adjacent to an activating group) is 2. The molecule has 1 aliphatic rings. The lowest BCUT2D eigenvalue weighted by molar-refractivity contribution is 0.0455. The van der Waals surface area contributed by atoms with E-state index in [1.807, 2.05) is 20.2 Å². The normalized spacial score (nSPS) is 17.5. The van der Waals surface area contributed by atoms with Crippen molar-refractivity contribution in [1.82, 2.24) is 9.21 Å². The van der Waals surface area contributed by atoms with Gasteiger partial charge in [-0.05, 0) is 57.6 Å². The summed E-state index contributed by atoms with van der Waals surface area (Å²) in [6.07, 6.45) is 3.18. The third-order valence-electron chi connectivity index (χ3n) is 4.44. The zero-order chi connectivity index (χ0) is 15.7. The Bertz CT molecular complexity index is 640. The van der Waals surface area contributed by atoms with Crippen LogP contribution in [0, 0.1) is 11.3 Å². The van der Waals surface area contributed by atoms with E-state index in [4.69, 9.17) is 5.26 Å². The Morgan fingerprint density at radius 2 is 1.76 bits per heavy atom. The van der Waals surface area contributed by atoms with Crippen molar-refractivity contribution in [2.45, 2.75) is 29.7 Å². The van der Waals surface area contributed by atoms with Crippen molar-refractivity contribution in [1.29, 1.82) is 5.26 Å². The van der Waals surface area contributed by atoms with Gasteiger partial charge < -0.3 is 4.90 Å². The molecule has 2 rings (SSSR count). The fourth-order valence-electron chi connectivity index (χ4n) is 2.71.